The van der Waals surface area contributed by atoms with Crippen LogP contribution in [0.25, 0.3) is 5.57 Å². The molecule has 4 rings (SSSR count). The topological polar surface area (TPSA) is 0 Å². The van der Waals surface area contributed by atoms with Crippen molar-refractivity contribution in [2.75, 3.05) is 0 Å². The van der Waals surface area contributed by atoms with E-state index in [2.05, 4.69) is 0 Å². The van der Waals surface area contributed by atoms with Crippen LogP contribution >= 0.6 is 0 Å². The van der Waals surface area contributed by atoms with Crippen LogP contribution in [0.5, 0.6) is 0 Å². The van der Waals surface area contributed by atoms with Crippen molar-refractivity contribution >= 4 is 5.57 Å². The van der Waals surface area contributed by atoms with Gasteiger partial charge in [0.2, 0.25) is 0 Å². The standard InChI is InChI=1S/C16H10F2/c17-14-5-1-3-10-12(14)7-9-8-13-11(16(9)10)4-2-6-15(13)18/h1-6H,7-8H2. The zero-order valence-electron chi connectivity index (χ0n) is 9.63. The molecule has 0 nitrogen and oxygen atoms in total. The quantitative estimate of drug-likeness (QED) is 0.655. The van der Waals surface area contributed by atoms with E-state index in [4.69, 9.17) is 0 Å². The molecule has 0 unspecified atom stereocenters. The second kappa shape index (κ2) is 3.29. The molecule has 2 heteroatoms. The molecule has 0 saturated heterocycles. The third-order valence-corrected chi connectivity index (χ3v) is 3.91. The van der Waals surface area contributed by atoms with E-state index in [1.54, 1.807) is 12.1 Å². The van der Waals surface area contributed by atoms with E-state index in [1.807, 2.05) is 12.1 Å². The molecule has 0 saturated carbocycles. The van der Waals surface area contributed by atoms with Gasteiger partial charge in [-0.1, -0.05) is 29.8 Å². The van der Waals surface area contributed by atoms with E-state index in [1.165, 1.54) is 12.1 Å². The van der Waals surface area contributed by atoms with E-state index in [0.717, 1.165) is 33.4 Å². The average Bonchev–Trinajstić information content (AvgIpc) is 2.88. The molecule has 0 amide bonds. The predicted molar refractivity (Wildman–Crippen MR) is 66.2 cm³/mol. The summed E-state index contributed by atoms with van der Waals surface area (Å²) < 4.78 is 27.5. The van der Waals surface area contributed by atoms with Crippen molar-refractivity contribution in [2.24, 2.45) is 0 Å². The van der Waals surface area contributed by atoms with Crippen molar-refractivity contribution in [2.45, 2.75) is 12.8 Å². The zero-order chi connectivity index (χ0) is 12.3. The fourth-order valence-corrected chi connectivity index (χ4v) is 3.14. The van der Waals surface area contributed by atoms with Crippen LogP contribution in [0, 0.1) is 11.6 Å². The van der Waals surface area contributed by atoms with E-state index in [0.29, 0.717) is 12.8 Å². The van der Waals surface area contributed by atoms with Crippen LogP contribution < -0.4 is 0 Å². The molecule has 0 atom stereocenters. The molecule has 0 spiro atoms. The molecule has 0 fully saturated rings. The highest BCUT2D eigenvalue weighted by Gasteiger charge is 2.32. The number of fused-ring (bicyclic) bond motifs is 4. The van der Waals surface area contributed by atoms with Gasteiger partial charge in [0, 0.05) is 0 Å². The van der Waals surface area contributed by atoms with E-state index >= 15 is 0 Å². The Morgan fingerprint density at radius 2 is 1.22 bits per heavy atom. The van der Waals surface area contributed by atoms with Crippen LogP contribution in [0.15, 0.2) is 42.0 Å². The molecule has 0 aliphatic heterocycles. The van der Waals surface area contributed by atoms with Gasteiger partial charge >= 0.3 is 0 Å². The van der Waals surface area contributed by atoms with Crippen molar-refractivity contribution < 1.29 is 8.78 Å². The van der Waals surface area contributed by atoms with Crippen molar-refractivity contribution in [3.8, 4) is 0 Å². The van der Waals surface area contributed by atoms with Crippen LogP contribution in [0.4, 0.5) is 8.78 Å². The van der Waals surface area contributed by atoms with Crippen LogP contribution in [-0.2, 0) is 12.8 Å². The first kappa shape index (κ1) is 10.0. The lowest BCUT2D eigenvalue weighted by Gasteiger charge is -2.08. The number of allylic oxidation sites excluding steroid dienone is 1. The van der Waals surface area contributed by atoms with Crippen LogP contribution in [0.2, 0.25) is 0 Å². The van der Waals surface area contributed by atoms with Gasteiger partial charge in [-0.25, -0.2) is 8.78 Å². The van der Waals surface area contributed by atoms with Gasteiger partial charge < -0.3 is 0 Å². The van der Waals surface area contributed by atoms with Crippen molar-refractivity contribution in [1.82, 2.24) is 0 Å². The first-order chi connectivity index (χ1) is 8.75. The molecule has 2 aliphatic rings. The molecule has 2 aliphatic carbocycles. The fraction of sp³-hybridized carbons (Fsp3) is 0.125. The van der Waals surface area contributed by atoms with Crippen LogP contribution in [-0.4, -0.2) is 0 Å². The second-order valence-electron chi connectivity index (χ2n) is 4.86. The Labute approximate surface area is 104 Å². The number of rotatable bonds is 0. The smallest absolute Gasteiger partial charge is 0.127 e. The molecule has 2 aromatic carbocycles. The third kappa shape index (κ3) is 1.13. The molecule has 88 valence electrons. The van der Waals surface area contributed by atoms with E-state index in [-0.39, 0.29) is 11.6 Å². The van der Waals surface area contributed by atoms with Crippen LogP contribution in [0.3, 0.4) is 0 Å². The van der Waals surface area contributed by atoms with Crippen molar-refractivity contribution in [3.63, 3.8) is 0 Å². The Balaban J connectivity index is 1.98. The van der Waals surface area contributed by atoms with Gasteiger partial charge in [-0.15, -0.1) is 0 Å². The highest BCUT2D eigenvalue weighted by Crippen LogP contribution is 2.46. The molecule has 0 aromatic heterocycles. The first-order valence-corrected chi connectivity index (χ1v) is 6.03. The molecule has 0 bridgehead atoms. The summed E-state index contributed by atoms with van der Waals surface area (Å²) in [5.74, 6) is -0.306. The van der Waals surface area contributed by atoms with Crippen molar-refractivity contribution in [1.29, 1.82) is 0 Å². The Hall–Kier alpha value is -1.96. The Bertz CT molecular complexity index is 652. The summed E-state index contributed by atoms with van der Waals surface area (Å²) in [5, 5.41) is 0. The maximum Gasteiger partial charge on any atom is 0.127 e. The molecule has 2 aromatic rings. The SMILES string of the molecule is Fc1cccc2c1CC1=C2c2cccc(F)c2C1. The fourth-order valence-electron chi connectivity index (χ4n) is 3.14. The first-order valence-electron chi connectivity index (χ1n) is 6.03. The van der Waals surface area contributed by atoms with E-state index < -0.39 is 0 Å². The molecular weight excluding hydrogens is 230 g/mol. The summed E-state index contributed by atoms with van der Waals surface area (Å²) >= 11 is 0. The van der Waals surface area contributed by atoms with Gasteiger partial charge in [0.15, 0.2) is 0 Å². The summed E-state index contributed by atoms with van der Waals surface area (Å²) in [5.41, 5.74) is 5.60. The lowest BCUT2D eigenvalue weighted by molar-refractivity contribution is 0.609. The Morgan fingerprint density at radius 3 is 1.72 bits per heavy atom. The number of hydrogen-bond donors (Lipinski definition) is 0. The van der Waals surface area contributed by atoms with Crippen LogP contribution in [0.1, 0.15) is 22.3 Å². The molecule has 0 heterocycles. The number of benzene rings is 2. The Morgan fingerprint density at radius 1 is 0.722 bits per heavy atom. The normalized spacial score (nSPS) is 15.7. The molecule has 0 N–H and O–H groups in total. The largest absolute Gasteiger partial charge is 0.207 e. The molecular formula is C16H10F2. The highest BCUT2D eigenvalue weighted by molar-refractivity contribution is 5.91. The average molecular weight is 240 g/mol. The third-order valence-electron chi connectivity index (χ3n) is 3.91. The minimum absolute atomic E-state index is 0.153. The zero-order valence-corrected chi connectivity index (χ0v) is 9.63. The van der Waals surface area contributed by atoms with Gasteiger partial charge in [-0.05, 0) is 52.8 Å². The summed E-state index contributed by atoms with van der Waals surface area (Å²) in [4.78, 5) is 0. The summed E-state index contributed by atoms with van der Waals surface area (Å²) in [6, 6.07) is 10.3. The molecule has 0 radical (unpaired) electrons. The monoisotopic (exact) mass is 240 g/mol. The Kier molecular flexibility index (Phi) is 1.83. The number of hydrogen-bond acceptors (Lipinski definition) is 0. The summed E-state index contributed by atoms with van der Waals surface area (Å²) in [7, 11) is 0. The molecule has 18 heavy (non-hydrogen) atoms. The maximum absolute atomic E-state index is 13.8. The van der Waals surface area contributed by atoms with Gasteiger partial charge in [-0.2, -0.15) is 0 Å². The van der Waals surface area contributed by atoms with Crippen molar-refractivity contribution in [3.05, 3.63) is 75.9 Å². The number of halogens is 2. The van der Waals surface area contributed by atoms with E-state index in [9.17, 15) is 8.78 Å². The maximum atomic E-state index is 13.8. The lowest BCUT2D eigenvalue weighted by Crippen LogP contribution is -1.97. The minimum atomic E-state index is -0.153. The summed E-state index contributed by atoms with van der Waals surface area (Å²) in [6.07, 6.45) is 1.23. The van der Waals surface area contributed by atoms with Gasteiger partial charge in [0.1, 0.15) is 11.6 Å². The highest BCUT2D eigenvalue weighted by atomic mass is 19.1. The lowest BCUT2D eigenvalue weighted by atomic mass is 9.97. The predicted octanol–water partition coefficient (Wildman–Crippen LogP) is 3.88. The van der Waals surface area contributed by atoms with Gasteiger partial charge in [-0.3, -0.25) is 0 Å². The summed E-state index contributed by atoms with van der Waals surface area (Å²) in [6.45, 7) is 0. The second-order valence-corrected chi connectivity index (χ2v) is 4.86. The van der Waals surface area contributed by atoms with Gasteiger partial charge in [0.25, 0.3) is 0 Å². The van der Waals surface area contributed by atoms with Gasteiger partial charge in [0.05, 0.1) is 0 Å². The minimum Gasteiger partial charge on any atom is -0.207 e.